The number of pyridine rings is 1. The molecular formula is C18H22N2O2S. The Labute approximate surface area is 140 Å². The largest absolute Gasteiger partial charge is 0.353 e. The van der Waals surface area contributed by atoms with Gasteiger partial charge >= 0.3 is 0 Å². The fraction of sp³-hybridized carbons (Fsp3) is 0.444. The summed E-state index contributed by atoms with van der Waals surface area (Å²) in [6, 6.07) is 9.77. The van der Waals surface area contributed by atoms with Gasteiger partial charge in [-0.15, -0.1) is 11.8 Å². The number of aryl methyl sites for hydroxylation is 1. The maximum absolute atomic E-state index is 12.2. The number of fused-ring (bicyclic) bond motifs is 1. The minimum atomic E-state index is -0.0427. The molecule has 0 saturated heterocycles. The predicted octanol–water partition coefficient (Wildman–Crippen LogP) is 3.08. The first kappa shape index (κ1) is 16.1. The first-order valence-corrected chi connectivity index (χ1v) is 9.14. The average molecular weight is 330 g/mol. The van der Waals surface area contributed by atoms with Gasteiger partial charge in [-0.05, 0) is 18.9 Å². The number of aromatic nitrogens is 1. The van der Waals surface area contributed by atoms with Crippen molar-refractivity contribution in [3.8, 4) is 0 Å². The smallest absolute Gasteiger partial charge is 0.251 e. The molecule has 0 aliphatic heterocycles. The van der Waals surface area contributed by atoms with Crippen LogP contribution in [0.25, 0.3) is 10.9 Å². The van der Waals surface area contributed by atoms with Gasteiger partial charge in [0.2, 0.25) is 5.91 Å². The lowest BCUT2D eigenvalue weighted by Crippen LogP contribution is -2.37. The summed E-state index contributed by atoms with van der Waals surface area (Å²) in [4.78, 5) is 25.1. The number of rotatable bonds is 4. The molecule has 0 spiro atoms. The van der Waals surface area contributed by atoms with E-state index >= 15 is 0 Å². The van der Waals surface area contributed by atoms with Crippen molar-refractivity contribution >= 4 is 28.6 Å². The number of carbonyl (C=O) groups excluding carboxylic acids is 1. The van der Waals surface area contributed by atoms with Crippen LogP contribution in [0, 0.1) is 0 Å². The Morgan fingerprint density at radius 2 is 2.00 bits per heavy atom. The average Bonchev–Trinajstić information content (AvgIpc) is 2.58. The molecule has 122 valence electrons. The third-order valence-corrected chi connectivity index (χ3v) is 5.50. The minimum Gasteiger partial charge on any atom is -0.353 e. The first-order chi connectivity index (χ1) is 11.1. The van der Waals surface area contributed by atoms with Crippen LogP contribution in [0.5, 0.6) is 0 Å². The molecule has 0 atom stereocenters. The molecule has 4 nitrogen and oxygen atoms in total. The van der Waals surface area contributed by atoms with E-state index in [9.17, 15) is 9.59 Å². The number of carbonyl (C=O) groups is 1. The molecule has 0 unspecified atom stereocenters. The monoisotopic (exact) mass is 330 g/mol. The molecule has 1 fully saturated rings. The third kappa shape index (κ3) is 3.78. The molecule has 2 aromatic rings. The van der Waals surface area contributed by atoms with Gasteiger partial charge in [0.1, 0.15) is 0 Å². The van der Waals surface area contributed by atoms with Crippen molar-refractivity contribution in [2.75, 3.05) is 5.75 Å². The van der Waals surface area contributed by atoms with E-state index in [1.807, 2.05) is 24.3 Å². The van der Waals surface area contributed by atoms with Gasteiger partial charge in [-0.25, -0.2) is 0 Å². The molecule has 0 radical (unpaired) electrons. The van der Waals surface area contributed by atoms with Crippen LogP contribution in [0.4, 0.5) is 0 Å². The molecule has 1 aromatic carbocycles. The first-order valence-electron chi connectivity index (χ1n) is 8.16. The molecular weight excluding hydrogens is 308 g/mol. The van der Waals surface area contributed by atoms with Crippen LogP contribution >= 0.6 is 11.8 Å². The highest BCUT2D eigenvalue weighted by Crippen LogP contribution is 2.26. The maximum Gasteiger partial charge on any atom is 0.251 e. The standard InChI is InChI=1S/C18H22N2O2S/c1-20-15-10-6-5-9-14(15)16(11-18(20)22)23-12-17(21)19-13-7-3-2-4-8-13/h5-6,9-11,13H,2-4,7-8,12H2,1H3,(H,19,21). The molecule has 0 bridgehead atoms. The molecule has 23 heavy (non-hydrogen) atoms. The second kappa shape index (κ2) is 7.21. The van der Waals surface area contributed by atoms with E-state index in [4.69, 9.17) is 0 Å². The number of benzene rings is 1. The summed E-state index contributed by atoms with van der Waals surface area (Å²) in [5, 5.41) is 4.14. The van der Waals surface area contributed by atoms with Gasteiger partial charge in [0.05, 0.1) is 11.3 Å². The topological polar surface area (TPSA) is 51.1 Å². The SMILES string of the molecule is Cn1c(=O)cc(SCC(=O)NC2CCCCC2)c2ccccc21. The number of amides is 1. The molecule has 1 N–H and O–H groups in total. The van der Waals surface area contributed by atoms with Crippen molar-refractivity contribution in [3.63, 3.8) is 0 Å². The summed E-state index contributed by atoms with van der Waals surface area (Å²) in [5.41, 5.74) is 0.856. The number of nitrogens with zero attached hydrogens (tertiary/aromatic N) is 1. The molecule has 1 aliphatic carbocycles. The molecule has 1 amide bonds. The highest BCUT2D eigenvalue weighted by molar-refractivity contribution is 8.00. The summed E-state index contributed by atoms with van der Waals surface area (Å²) in [6.45, 7) is 0. The Morgan fingerprint density at radius 1 is 1.26 bits per heavy atom. The van der Waals surface area contributed by atoms with Crippen LogP contribution in [0.2, 0.25) is 0 Å². The van der Waals surface area contributed by atoms with Gasteiger partial charge in [0.25, 0.3) is 5.56 Å². The molecule has 1 heterocycles. The van der Waals surface area contributed by atoms with Crippen molar-refractivity contribution in [1.29, 1.82) is 0 Å². The van der Waals surface area contributed by atoms with Gasteiger partial charge in [-0.3, -0.25) is 9.59 Å². The summed E-state index contributed by atoms with van der Waals surface area (Å²) in [7, 11) is 1.77. The van der Waals surface area contributed by atoms with Gasteiger partial charge < -0.3 is 9.88 Å². The lowest BCUT2D eigenvalue weighted by Gasteiger charge is -2.22. The van der Waals surface area contributed by atoms with E-state index in [0.29, 0.717) is 11.8 Å². The normalized spacial score (nSPS) is 15.7. The van der Waals surface area contributed by atoms with E-state index < -0.39 is 0 Å². The van der Waals surface area contributed by atoms with E-state index in [-0.39, 0.29) is 11.5 Å². The van der Waals surface area contributed by atoms with Crippen molar-refractivity contribution in [2.45, 2.75) is 43.0 Å². The summed E-state index contributed by atoms with van der Waals surface area (Å²) in [5.74, 6) is 0.417. The quantitative estimate of drug-likeness (QED) is 0.877. The predicted molar refractivity (Wildman–Crippen MR) is 94.9 cm³/mol. The van der Waals surface area contributed by atoms with E-state index in [1.165, 1.54) is 31.0 Å². The van der Waals surface area contributed by atoms with E-state index in [0.717, 1.165) is 28.6 Å². The van der Waals surface area contributed by atoms with Crippen molar-refractivity contribution < 1.29 is 4.79 Å². The Morgan fingerprint density at radius 3 is 2.78 bits per heavy atom. The van der Waals surface area contributed by atoms with Crippen molar-refractivity contribution in [1.82, 2.24) is 9.88 Å². The van der Waals surface area contributed by atoms with Crippen LogP contribution < -0.4 is 10.9 Å². The molecule has 3 rings (SSSR count). The highest BCUT2D eigenvalue weighted by Gasteiger charge is 2.16. The Kier molecular flexibility index (Phi) is 5.06. The zero-order chi connectivity index (χ0) is 16.2. The van der Waals surface area contributed by atoms with Crippen LogP contribution in [-0.2, 0) is 11.8 Å². The van der Waals surface area contributed by atoms with Crippen LogP contribution in [-0.4, -0.2) is 22.3 Å². The number of para-hydroxylation sites is 1. The fourth-order valence-corrected chi connectivity index (χ4v) is 4.04. The lowest BCUT2D eigenvalue weighted by atomic mass is 9.95. The van der Waals surface area contributed by atoms with E-state index in [1.54, 1.807) is 17.7 Å². The molecule has 1 aromatic heterocycles. The van der Waals surface area contributed by atoms with Crippen molar-refractivity contribution in [2.24, 2.45) is 7.05 Å². The molecule has 1 aliphatic rings. The minimum absolute atomic E-state index is 0.0427. The number of nitrogens with one attached hydrogen (secondary N) is 1. The van der Waals surface area contributed by atoms with E-state index in [2.05, 4.69) is 5.32 Å². The van der Waals surface area contributed by atoms with Crippen LogP contribution in [0.3, 0.4) is 0 Å². The molecule has 1 saturated carbocycles. The van der Waals surface area contributed by atoms with Gasteiger partial charge in [-0.2, -0.15) is 0 Å². The van der Waals surface area contributed by atoms with Crippen molar-refractivity contribution in [3.05, 3.63) is 40.7 Å². The third-order valence-electron chi connectivity index (χ3n) is 4.45. The second-order valence-electron chi connectivity index (χ2n) is 6.11. The second-order valence-corrected chi connectivity index (χ2v) is 7.13. The highest BCUT2D eigenvalue weighted by atomic mass is 32.2. The Hall–Kier alpha value is -1.75. The number of hydrogen-bond donors (Lipinski definition) is 1. The summed E-state index contributed by atoms with van der Waals surface area (Å²) >= 11 is 1.44. The summed E-state index contributed by atoms with van der Waals surface area (Å²) < 4.78 is 1.64. The van der Waals surface area contributed by atoms with Gasteiger partial charge in [0.15, 0.2) is 0 Å². The van der Waals surface area contributed by atoms with Crippen LogP contribution in [0.1, 0.15) is 32.1 Å². The Bertz CT molecular complexity index is 763. The fourth-order valence-electron chi connectivity index (χ4n) is 3.16. The zero-order valence-electron chi connectivity index (χ0n) is 13.4. The lowest BCUT2D eigenvalue weighted by molar-refractivity contribution is -0.119. The van der Waals surface area contributed by atoms with Gasteiger partial charge in [0, 0.05) is 29.4 Å². The van der Waals surface area contributed by atoms with Crippen LogP contribution in [0.15, 0.2) is 40.0 Å². The maximum atomic E-state index is 12.2. The molecule has 5 heteroatoms. The Balaban J connectivity index is 1.70. The number of hydrogen-bond acceptors (Lipinski definition) is 3. The zero-order valence-corrected chi connectivity index (χ0v) is 14.2. The summed E-state index contributed by atoms with van der Waals surface area (Å²) in [6.07, 6.45) is 5.87. The number of thioether (sulfide) groups is 1. The van der Waals surface area contributed by atoms with Gasteiger partial charge in [-0.1, -0.05) is 37.5 Å².